The van der Waals surface area contributed by atoms with E-state index in [1.165, 1.54) is 0 Å². The molecular formula is C26H28N4O4. The summed E-state index contributed by atoms with van der Waals surface area (Å²) in [7, 11) is 4.82. The van der Waals surface area contributed by atoms with E-state index < -0.39 is 0 Å². The predicted octanol–water partition coefficient (Wildman–Crippen LogP) is 4.61. The lowest BCUT2D eigenvalue weighted by atomic mass is 10.1. The molecule has 4 aromatic rings. The number of hydrogen-bond donors (Lipinski definition) is 1. The van der Waals surface area contributed by atoms with Gasteiger partial charge in [0.15, 0.2) is 5.65 Å². The molecule has 2 aromatic carbocycles. The second kappa shape index (κ2) is 9.82. The van der Waals surface area contributed by atoms with Crippen LogP contribution in [0.2, 0.25) is 0 Å². The Kier molecular flexibility index (Phi) is 6.67. The molecule has 0 bridgehead atoms. The van der Waals surface area contributed by atoms with Crippen molar-refractivity contribution in [2.45, 2.75) is 26.7 Å². The Morgan fingerprint density at radius 3 is 2.47 bits per heavy atom. The first-order valence-electron chi connectivity index (χ1n) is 11.0. The summed E-state index contributed by atoms with van der Waals surface area (Å²) in [5, 5.41) is 7.71. The van der Waals surface area contributed by atoms with E-state index in [2.05, 4.69) is 5.32 Å². The van der Waals surface area contributed by atoms with Gasteiger partial charge >= 0.3 is 0 Å². The zero-order valence-corrected chi connectivity index (χ0v) is 20.0. The van der Waals surface area contributed by atoms with Crippen molar-refractivity contribution in [2.24, 2.45) is 0 Å². The summed E-state index contributed by atoms with van der Waals surface area (Å²) in [6, 6.07) is 14.9. The number of aromatic nitrogens is 3. The smallest absolute Gasteiger partial charge is 0.224 e. The number of aryl methyl sites for hydroxylation is 2. The Hall–Kier alpha value is -4.07. The number of rotatable bonds is 8. The number of methoxy groups -OCH3 is 3. The molecule has 0 unspecified atom stereocenters. The van der Waals surface area contributed by atoms with Gasteiger partial charge < -0.3 is 19.5 Å². The molecular weight excluding hydrogens is 432 g/mol. The molecule has 0 atom stereocenters. The van der Waals surface area contributed by atoms with Crippen molar-refractivity contribution in [1.29, 1.82) is 0 Å². The highest BCUT2D eigenvalue weighted by Crippen LogP contribution is 2.33. The molecule has 8 heteroatoms. The van der Waals surface area contributed by atoms with Crippen molar-refractivity contribution < 1.29 is 19.0 Å². The van der Waals surface area contributed by atoms with Crippen molar-refractivity contribution in [3.63, 3.8) is 0 Å². The maximum Gasteiger partial charge on any atom is 0.224 e. The summed E-state index contributed by atoms with van der Waals surface area (Å²) >= 11 is 0. The second-order valence-electron chi connectivity index (χ2n) is 7.88. The van der Waals surface area contributed by atoms with E-state index >= 15 is 0 Å². The fraction of sp³-hybridized carbons (Fsp3) is 0.269. The standard InChI is InChI=1S/C26H28N4O4/c1-16-19(12-13-26(31)28-21-8-6-7-9-23(21)33-4)17(2)30-25(27-16)15-22(29-30)20-11-10-18(32-3)14-24(20)34-5/h6-11,14-15H,12-13H2,1-5H3,(H,28,31). The molecule has 0 saturated carbocycles. The molecule has 8 nitrogen and oxygen atoms in total. The van der Waals surface area contributed by atoms with E-state index in [1.807, 2.05) is 66.9 Å². The molecule has 1 amide bonds. The number of fused-ring (bicyclic) bond motifs is 1. The fourth-order valence-corrected chi connectivity index (χ4v) is 4.03. The normalized spacial score (nSPS) is 10.9. The SMILES string of the molecule is COc1ccc(-c2cc3nc(C)c(CCC(=O)Nc4ccccc4OC)c(C)n3n2)c(OC)c1. The van der Waals surface area contributed by atoms with Gasteiger partial charge in [0.05, 0.1) is 32.7 Å². The molecule has 0 aliphatic rings. The molecule has 0 aliphatic heterocycles. The molecule has 34 heavy (non-hydrogen) atoms. The van der Waals surface area contributed by atoms with Gasteiger partial charge in [-0.1, -0.05) is 12.1 Å². The Morgan fingerprint density at radius 2 is 1.74 bits per heavy atom. The quantitative estimate of drug-likeness (QED) is 0.413. The molecule has 176 valence electrons. The highest BCUT2D eigenvalue weighted by Gasteiger charge is 2.17. The second-order valence-corrected chi connectivity index (χ2v) is 7.88. The van der Waals surface area contributed by atoms with Crippen LogP contribution < -0.4 is 19.5 Å². The number of nitrogens with one attached hydrogen (secondary N) is 1. The molecule has 0 fully saturated rings. The van der Waals surface area contributed by atoms with Gasteiger partial charge in [0, 0.05) is 35.5 Å². The van der Waals surface area contributed by atoms with Crippen molar-refractivity contribution in [3.8, 4) is 28.5 Å². The Bertz CT molecular complexity index is 1350. The van der Waals surface area contributed by atoms with E-state index in [1.54, 1.807) is 21.3 Å². The summed E-state index contributed by atoms with van der Waals surface area (Å²) in [5.74, 6) is 1.92. The van der Waals surface area contributed by atoms with Crippen LogP contribution in [0.1, 0.15) is 23.4 Å². The van der Waals surface area contributed by atoms with E-state index in [4.69, 9.17) is 24.3 Å². The van der Waals surface area contributed by atoms with Gasteiger partial charge in [-0.3, -0.25) is 4.79 Å². The first kappa shape index (κ1) is 23.1. The lowest BCUT2D eigenvalue weighted by Gasteiger charge is -2.12. The number of nitrogens with zero attached hydrogens (tertiary/aromatic N) is 3. The van der Waals surface area contributed by atoms with Crippen LogP contribution >= 0.6 is 0 Å². The predicted molar refractivity (Wildman–Crippen MR) is 131 cm³/mol. The molecule has 4 rings (SSSR count). The van der Waals surface area contributed by atoms with E-state index in [-0.39, 0.29) is 5.91 Å². The van der Waals surface area contributed by atoms with Gasteiger partial charge in [-0.05, 0) is 50.1 Å². The first-order chi connectivity index (χ1) is 16.4. The summed E-state index contributed by atoms with van der Waals surface area (Å²) in [6.07, 6.45) is 0.857. The minimum absolute atomic E-state index is 0.0903. The van der Waals surface area contributed by atoms with Gasteiger partial charge in [0.1, 0.15) is 17.2 Å². The third-order valence-electron chi connectivity index (χ3n) is 5.83. The van der Waals surface area contributed by atoms with Gasteiger partial charge in [0.2, 0.25) is 5.91 Å². The fourth-order valence-electron chi connectivity index (χ4n) is 4.03. The monoisotopic (exact) mass is 460 g/mol. The van der Waals surface area contributed by atoms with Crippen LogP contribution in [0.4, 0.5) is 5.69 Å². The van der Waals surface area contributed by atoms with Crippen LogP contribution in [0.25, 0.3) is 16.9 Å². The zero-order valence-electron chi connectivity index (χ0n) is 20.0. The number of anilines is 1. The first-order valence-corrected chi connectivity index (χ1v) is 11.0. The molecule has 2 aromatic heterocycles. The van der Waals surface area contributed by atoms with E-state index in [9.17, 15) is 4.79 Å². The van der Waals surface area contributed by atoms with E-state index in [0.717, 1.165) is 33.9 Å². The largest absolute Gasteiger partial charge is 0.497 e. The minimum atomic E-state index is -0.0903. The lowest BCUT2D eigenvalue weighted by molar-refractivity contribution is -0.116. The number of para-hydroxylation sites is 2. The summed E-state index contributed by atoms with van der Waals surface area (Å²) < 4.78 is 18.0. The molecule has 0 radical (unpaired) electrons. The number of ether oxygens (including phenoxy) is 3. The molecule has 0 spiro atoms. The van der Waals surface area contributed by atoms with Gasteiger partial charge in [-0.15, -0.1) is 0 Å². The number of amides is 1. The van der Waals surface area contributed by atoms with Crippen LogP contribution in [-0.2, 0) is 11.2 Å². The van der Waals surface area contributed by atoms with Crippen LogP contribution in [-0.4, -0.2) is 41.8 Å². The Morgan fingerprint density at radius 1 is 0.971 bits per heavy atom. The molecule has 1 N–H and O–H groups in total. The van der Waals surface area contributed by atoms with Crippen LogP contribution in [0.5, 0.6) is 17.2 Å². The van der Waals surface area contributed by atoms with Gasteiger partial charge in [0.25, 0.3) is 0 Å². The van der Waals surface area contributed by atoms with Crippen LogP contribution in [0.15, 0.2) is 48.5 Å². The van der Waals surface area contributed by atoms with Crippen molar-refractivity contribution in [3.05, 3.63) is 65.5 Å². The average Bonchev–Trinajstić information content (AvgIpc) is 3.27. The summed E-state index contributed by atoms with van der Waals surface area (Å²) in [5.41, 5.74) is 5.82. The van der Waals surface area contributed by atoms with Gasteiger partial charge in [-0.25, -0.2) is 9.50 Å². The Labute approximate surface area is 198 Å². The average molecular weight is 461 g/mol. The maximum absolute atomic E-state index is 12.6. The molecule has 2 heterocycles. The molecule has 0 aliphatic carbocycles. The maximum atomic E-state index is 12.6. The minimum Gasteiger partial charge on any atom is -0.497 e. The number of carbonyl (C=O) groups is 1. The number of carbonyl (C=O) groups excluding carboxylic acids is 1. The van der Waals surface area contributed by atoms with Gasteiger partial charge in [-0.2, -0.15) is 5.10 Å². The van der Waals surface area contributed by atoms with Crippen molar-refractivity contribution in [2.75, 3.05) is 26.6 Å². The van der Waals surface area contributed by atoms with E-state index in [0.29, 0.717) is 35.8 Å². The highest BCUT2D eigenvalue weighted by molar-refractivity contribution is 5.92. The topological polar surface area (TPSA) is 87.0 Å². The van der Waals surface area contributed by atoms with Crippen LogP contribution in [0.3, 0.4) is 0 Å². The van der Waals surface area contributed by atoms with Crippen LogP contribution in [0, 0.1) is 13.8 Å². The number of benzene rings is 2. The van der Waals surface area contributed by atoms with Crippen molar-refractivity contribution in [1.82, 2.24) is 14.6 Å². The Balaban J connectivity index is 1.58. The summed E-state index contributed by atoms with van der Waals surface area (Å²) in [6.45, 7) is 3.96. The van der Waals surface area contributed by atoms with Crippen molar-refractivity contribution >= 4 is 17.2 Å². The molecule has 0 saturated heterocycles. The zero-order chi connectivity index (χ0) is 24.2. The summed E-state index contributed by atoms with van der Waals surface area (Å²) in [4.78, 5) is 17.4. The highest BCUT2D eigenvalue weighted by atomic mass is 16.5. The lowest BCUT2D eigenvalue weighted by Crippen LogP contribution is -2.14. The number of hydrogen-bond acceptors (Lipinski definition) is 6. The third kappa shape index (κ3) is 4.52. The third-order valence-corrected chi connectivity index (χ3v) is 5.83.